The fourth-order valence-electron chi connectivity index (χ4n) is 5.49. The predicted octanol–water partition coefficient (Wildman–Crippen LogP) is 5.36. The third-order valence-corrected chi connectivity index (χ3v) is 8.29. The summed E-state index contributed by atoms with van der Waals surface area (Å²) in [5.74, 6) is 2.87. The van der Waals surface area contributed by atoms with Crippen LogP contribution < -0.4 is 26.2 Å². The van der Waals surface area contributed by atoms with Crippen molar-refractivity contribution in [3.8, 4) is 16.9 Å². The molecule has 1 unspecified atom stereocenters. The molecule has 0 saturated heterocycles. The Kier molecular flexibility index (Phi) is 7.12. The number of nitrogen functional groups attached to an aromatic ring is 1. The summed E-state index contributed by atoms with van der Waals surface area (Å²) >= 11 is 1.40. The third kappa shape index (κ3) is 5.24. The highest BCUT2D eigenvalue weighted by Gasteiger charge is 2.25. The number of aromatic nitrogens is 4. The van der Waals surface area contributed by atoms with Crippen molar-refractivity contribution < 1.29 is 4.74 Å². The van der Waals surface area contributed by atoms with Crippen molar-refractivity contribution in [3.63, 3.8) is 0 Å². The Morgan fingerprint density at radius 2 is 2.00 bits per heavy atom. The number of rotatable bonds is 6. The molecule has 0 radical (unpaired) electrons. The molecule has 4 aromatic rings. The first-order valence-corrected chi connectivity index (χ1v) is 14.4. The highest BCUT2D eigenvalue weighted by molar-refractivity contribution is 7.21. The van der Waals surface area contributed by atoms with Gasteiger partial charge in [0.1, 0.15) is 28.5 Å². The van der Waals surface area contributed by atoms with E-state index < -0.39 is 0 Å². The number of benzene rings is 1. The van der Waals surface area contributed by atoms with Crippen LogP contribution in [0, 0.1) is 19.8 Å². The van der Waals surface area contributed by atoms with Crippen molar-refractivity contribution in [1.29, 1.82) is 0 Å². The molecule has 0 fully saturated rings. The Hall–Kier alpha value is -4.02. The van der Waals surface area contributed by atoms with Crippen LogP contribution in [0.15, 0.2) is 48.2 Å². The third-order valence-electron chi connectivity index (χ3n) is 7.49. The molecule has 0 spiro atoms. The van der Waals surface area contributed by atoms with E-state index in [1.54, 1.807) is 0 Å². The fraction of sp³-hybridized carbons (Fsp3) is 0.333. The summed E-state index contributed by atoms with van der Waals surface area (Å²) in [5, 5.41) is 0.528. The highest BCUT2D eigenvalue weighted by Crippen LogP contribution is 2.36. The lowest BCUT2D eigenvalue weighted by molar-refractivity contribution is 0.329. The van der Waals surface area contributed by atoms with Crippen LogP contribution in [0.4, 0.5) is 16.9 Å². The molecule has 206 valence electrons. The molecule has 40 heavy (non-hydrogen) atoms. The van der Waals surface area contributed by atoms with E-state index in [0.717, 1.165) is 69.2 Å². The van der Waals surface area contributed by atoms with Gasteiger partial charge in [0.2, 0.25) is 5.95 Å². The Bertz CT molecular complexity index is 1640. The minimum atomic E-state index is 0.416. The monoisotopic (exact) mass is 554 g/mol. The highest BCUT2D eigenvalue weighted by atomic mass is 32.1. The predicted molar refractivity (Wildman–Crippen MR) is 163 cm³/mol. The molecule has 9 nitrogen and oxygen atoms in total. The van der Waals surface area contributed by atoms with Crippen LogP contribution in [0.5, 0.6) is 5.75 Å². The Morgan fingerprint density at radius 1 is 1.12 bits per heavy atom. The van der Waals surface area contributed by atoms with Gasteiger partial charge in [-0.1, -0.05) is 35.1 Å². The number of nitrogens with two attached hydrogens (primary N) is 1. The summed E-state index contributed by atoms with van der Waals surface area (Å²) in [6.07, 6.45) is 10.6. The fourth-order valence-corrected chi connectivity index (χ4v) is 6.15. The van der Waals surface area contributed by atoms with Gasteiger partial charge >= 0.3 is 0 Å². The zero-order chi connectivity index (χ0) is 27.8. The van der Waals surface area contributed by atoms with Gasteiger partial charge < -0.3 is 15.4 Å². The number of hydrazine groups is 1. The zero-order valence-corrected chi connectivity index (χ0v) is 24.1. The van der Waals surface area contributed by atoms with Gasteiger partial charge in [-0.05, 0) is 68.9 Å². The zero-order valence-electron chi connectivity index (χ0n) is 23.3. The molecule has 3 aromatic heterocycles. The lowest BCUT2D eigenvalue weighted by Crippen LogP contribution is -2.29. The number of anilines is 3. The van der Waals surface area contributed by atoms with E-state index in [0.29, 0.717) is 30.1 Å². The van der Waals surface area contributed by atoms with Gasteiger partial charge in [0.25, 0.3) is 0 Å². The number of ether oxygens (including phenoxy) is 1. The second kappa shape index (κ2) is 10.9. The molecule has 1 aromatic carbocycles. The Labute approximate surface area is 238 Å². The van der Waals surface area contributed by atoms with E-state index in [9.17, 15) is 0 Å². The van der Waals surface area contributed by atoms with Gasteiger partial charge in [-0.3, -0.25) is 5.43 Å². The van der Waals surface area contributed by atoms with Gasteiger partial charge in [0, 0.05) is 42.2 Å². The smallest absolute Gasteiger partial charge is 0.239 e. The molecule has 1 atom stereocenters. The first kappa shape index (κ1) is 26.2. The molecule has 2 aliphatic rings. The SMILES string of the molecule is CNNc1nc(C)c(CC2C=CC(C)=CC2)c(N2CCOc3c(C)cc(-c4cnc5sc(N)nc5c4)cc3C2)n1. The van der Waals surface area contributed by atoms with Gasteiger partial charge in [-0.2, -0.15) is 4.98 Å². The second-order valence-electron chi connectivity index (χ2n) is 10.5. The van der Waals surface area contributed by atoms with Crippen LogP contribution in [0.25, 0.3) is 21.5 Å². The largest absolute Gasteiger partial charge is 0.491 e. The number of fused-ring (bicyclic) bond motifs is 2. The number of hydrogen-bond acceptors (Lipinski definition) is 10. The number of hydrogen-bond donors (Lipinski definition) is 3. The molecular weight excluding hydrogens is 520 g/mol. The summed E-state index contributed by atoms with van der Waals surface area (Å²) in [6.45, 7) is 8.29. The van der Waals surface area contributed by atoms with Crippen LogP contribution in [-0.2, 0) is 13.0 Å². The molecule has 4 N–H and O–H groups in total. The molecule has 4 heterocycles. The van der Waals surface area contributed by atoms with Gasteiger partial charge in [-0.25, -0.2) is 20.4 Å². The van der Waals surface area contributed by atoms with Crippen LogP contribution in [0.3, 0.4) is 0 Å². The van der Waals surface area contributed by atoms with E-state index in [2.05, 4.69) is 82.9 Å². The lowest BCUT2D eigenvalue weighted by Gasteiger charge is -2.27. The summed E-state index contributed by atoms with van der Waals surface area (Å²) in [4.78, 5) is 22.0. The number of aryl methyl sites for hydroxylation is 2. The number of pyridine rings is 1. The van der Waals surface area contributed by atoms with Crippen molar-refractivity contribution >= 4 is 38.6 Å². The quantitative estimate of drug-likeness (QED) is 0.271. The standard InChI is InChI=1S/C30H34N8OS/c1-17-5-7-20(8-6-17)12-24-19(3)34-30(37-32-4)36-27(24)38-9-10-39-26-18(2)11-21(13-23(26)16-38)22-14-25-28(33-15-22)40-29(31)35-25/h5-7,11,13-15,20,32H,8-10,12,16H2,1-4H3,(H2,31,35)(H,34,36,37). The minimum Gasteiger partial charge on any atom is -0.491 e. The maximum absolute atomic E-state index is 6.33. The summed E-state index contributed by atoms with van der Waals surface area (Å²) in [6, 6.07) is 6.42. The number of allylic oxidation sites excluding steroid dienone is 4. The minimum absolute atomic E-state index is 0.416. The van der Waals surface area contributed by atoms with E-state index in [4.69, 9.17) is 20.4 Å². The molecule has 0 bridgehead atoms. The second-order valence-corrected chi connectivity index (χ2v) is 11.5. The maximum Gasteiger partial charge on any atom is 0.239 e. The van der Waals surface area contributed by atoms with Crippen LogP contribution in [-0.4, -0.2) is 40.1 Å². The van der Waals surface area contributed by atoms with Crippen molar-refractivity contribution in [3.05, 3.63) is 70.6 Å². The Morgan fingerprint density at radius 3 is 2.80 bits per heavy atom. The average Bonchev–Trinajstić information content (AvgIpc) is 3.16. The van der Waals surface area contributed by atoms with E-state index in [1.807, 2.05) is 13.2 Å². The molecule has 0 amide bonds. The number of thiazole rings is 1. The summed E-state index contributed by atoms with van der Waals surface area (Å²) < 4.78 is 6.33. The van der Waals surface area contributed by atoms with Gasteiger partial charge in [0.15, 0.2) is 5.13 Å². The van der Waals surface area contributed by atoms with E-state index >= 15 is 0 Å². The van der Waals surface area contributed by atoms with Crippen molar-refractivity contribution in [1.82, 2.24) is 25.4 Å². The van der Waals surface area contributed by atoms with E-state index in [-0.39, 0.29) is 0 Å². The first-order valence-electron chi connectivity index (χ1n) is 13.6. The molecule has 6 rings (SSSR count). The van der Waals surface area contributed by atoms with Crippen LogP contribution >= 0.6 is 11.3 Å². The number of nitrogens with zero attached hydrogens (tertiary/aromatic N) is 5. The molecule has 1 aliphatic carbocycles. The summed E-state index contributed by atoms with van der Waals surface area (Å²) in [7, 11) is 1.82. The lowest BCUT2D eigenvalue weighted by atomic mass is 9.90. The van der Waals surface area contributed by atoms with Crippen molar-refractivity contribution in [2.75, 3.05) is 36.3 Å². The Balaban J connectivity index is 1.38. The van der Waals surface area contributed by atoms with Crippen molar-refractivity contribution in [2.24, 2.45) is 5.92 Å². The topological polar surface area (TPSA) is 114 Å². The van der Waals surface area contributed by atoms with Crippen LogP contribution in [0.1, 0.15) is 35.7 Å². The first-order chi connectivity index (χ1) is 19.4. The summed E-state index contributed by atoms with van der Waals surface area (Å²) in [5.41, 5.74) is 20.6. The van der Waals surface area contributed by atoms with Crippen molar-refractivity contribution in [2.45, 2.75) is 40.2 Å². The molecule has 1 aliphatic heterocycles. The van der Waals surface area contributed by atoms with Gasteiger partial charge in [0.05, 0.1) is 6.54 Å². The molecular formula is C30H34N8OS. The molecule has 10 heteroatoms. The number of nitrogens with one attached hydrogen (secondary N) is 2. The average molecular weight is 555 g/mol. The van der Waals surface area contributed by atoms with Crippen LogP contribution in [0.2, 0.25) is 0 Å². The van der Waals surface area contributed by atoms with E-state index in [1.165, 1.54) is 22.5 Å². The molecule has 0 saturated carbocycles. The maximum atomic E-state index is 6.33. The van der Waals surface area contributed by atoms with Gasteiger partial charge in [-0.15, -0.1) is 0 Å². The normalized spacial score (nSPS) is 16.9.